The number of aliphatic hydroxyl groups excluding tert-OH is 1. The summed E-state index contributed by atoms with van der Waals surface area (Å²) in [6, 6.07) is 3.89. The second-order valence-corrected chi connectivity index (χ2v) is 5.80. The molecule has 1 unspecified atom stereocenters. The first-order valence-corrected chi connectivity index (χ1v) is 6.89. The Hall–Kier alpha value is -1.49. The van der Waals surface area contributed by atoms with Gasteiger partial charge in [-0.15, -0.1) is 0 Å². The lowest BCUT2D eigenvalue weighted by molar-refractivity contribution is 0.227. The molecular weight excluding hydrogens is 254 g/mol. The number of sulfonamides is 1. The predicted molar refractivity (Wildman–Crippen MR) is 65.0 cm³/mol. The molecule has 0 aliphatic heterocycles. The molecule has 0 amide bonds. The van der Waals surface area contributed by atoms with E-state index in [9.17, 15) is 8.42 Å². The van der Waals surface area contributed by atoms with Crippen LogP contribution in [0.25, 0.3) is 0 Å². The first-order valence-electron chi connectivity index (χ1n) is 5.40. The normalized spacial score (nSPS) is 13.3. The summed E-state index contributed by atoms with van der Waals surface area (Å²) in [6.07, 6.45) is 1.35. The van der Waals surface area contributed by atoms with Crippen LogP contribution in [0.1, 0.15) is 19.5 Å². The van der Waals surface area contributed by atoms with Crippen LogP contribution >= 0.6 is 0 Å². The summed E-state index contributed by atoms with van der Waals surface area (Å²) < 4.78 is 26.5. The van der Waals surface area contributed by atoms with Crippen molar-refractivity contribution >= 4 is 10.0 Å². The molecule has 1 heterocycles. The van der Waals surface area contributed by atoms with Gasteiger partial charge in [-0.05, 0) is 18.1 Å². The number of nitriles is 1. The molecule has 0 aliphatic rings. The summed E-state index contributed by atoms with van der Waals surface area (Å²) >= 11 is 0. The monoisotopic (exact) mass is 269 g/mol. The van der Waals surface area contributed by atoms with Crippen molar-refractivity contribution in [1.82, 2.24) is 9.71 Å². The van der Waals surface area contributed by atoms with Crippen LogP contribution in [0.4, 0.5) is 0 Å². The number of aliphatic hydroxyl groups is 1. The molecule has 1 aromatic rings. The quantitative estimate of drug-likeness (QED) is 0.797. The molecule has 0 saturated carbocycles. The molecule has 1 rings (SSSR count). The fourth-order valence-electron chi connectivity index (χ4n) is 1.34. The number of aromatic nitrogens is 1. The highest BCUT2D eigenvalue weighted by atomic mass is 32.2. The average molecular weight is 269 g/mol. The molecule has 0 fully saturated rings. The number of rotatable bonds is 5. The molecule has 0 bridgehead atoms. The molecule has 7 heteroatoms. The molecule has 98 valence electrons. The lowest BCUT2D eigenvalue weighted by atomic mass is 10.1. The van der Waals surface area contributed by atoms with Crippen LogP contribution in [0.5, 0.6) is 0 Å². The van der Waals surface area contributed by atoms with Crippen LogP contribution in [-0.4, -0.2) is 31.2 Å². The molecule has 0 spiro atoms. The maximum absolute atomic E-state index is 12.1. The highest BCUT2D eigenvalue weighted by Gasteiger charge is 2.24. The van der Waals surface area contributed by atoms with E-state index in [0.717, 1.165) is 0 Å². The van der Waals surface area contributed by atoms with Gasteiger partial charge in [0.05, 0.1) is 6.61 Å². The Morgan fingerprint density at radius 3 is 2.72 bits per heavy atom. The zero-order valence-corrected chi connectivity index (χ0v) is 11.0. The van der Waals surface area contributed by atoms with Crippen LogP contribution in [0.15, 0.2) is 23.2 Å². The highest BCUT2D eigenvalue weighted by Crippen LogP contribution is 2.14. The second-order valence-electron chi connectivity index (χ2n) is 4.12. The molecule has 1 atom stereocenters. The first-order chi connectivity index (χ1) is 8.42. The Morgan fingerprint density at radius 2 is 2.22 bits per heavy atom. The maximum atomic E-state index is 12.1. The van der Waals surface area contributed by atoms with E-state index < -0.39 is 16.1 Å². The Kier molecular flexibility index (Phi) is 4.78. The molecule has 18 heavy (non-hydrogen) atoms. The van der Waals surface area contributed by atoms with Gasteiger partial charge in [0.15, 0.2) is 5.69 Å². The lowest BCUT2D eigenvalue weighted by Gasteiger charge is -2.19. The number of nitrogens with one attached hydrogen (secondary N) is 1. The Morgan fingerprint density at radius 1 is 1.56 bits per heavy atom. The van der Waals surface area contributed by atoms with Gasteiger partial charge in [0.2, 0.25) is 10.0 Å². The molecule has 1 aromatic heterocycles. The first kappa shape index (κ1) is 14.6. The van der Waals surface area contributed by atoms with E-state index in [1.54, 1.807) is 19.9 Å². The van der Waals surface area contributed by atoms with Crippen LogP contribution in [-0.2, 0) is 10.0 Å². The third-order valence-corrected chi connectivity index (χ3v) is 4.00. The highest BCUT2D eigenvalue weighted by molar-refractivity contribution is 7.89. The van der Waals surface area contributed by atoms with Crippen molar-refractivity contribution in [3.8, 4) is 6.07 Å². The van der Waals surface area contributed by atoms with E-state index in [2.05, 4.69) is 9.71 Å². The van der Waals surface area contributed by atoms with Crippen molar-refractivity contribution in [2.45, 2.75) is 24.8 Å². The van der Waals surface area contributed by atoms with E-state index in [4.69, 9.17) is 10.4 Å². The van der Waals surface area contributed by atoms with Crippen molar-refractivity contribution in [3.05, 3.63) is 24.0 Å². The van der Waals surface area contributed by atoms with Gasteiger partial charge in [-0.1, -0.05) is 13.8 Å². The topological polar surface area (TPSA) is 103 Å². The third-order valence-electron chi connectivity index (χ3n) is 2.47. The molecular formula is C11H15N3O3S. The van der Waals surface area contributed by atoms with Gasteiger partial charge >= 0.3 is 0 Å². The van der Waals surface area contributed by atoms with Crippen LogP contribution in [0, 0.1) is 17.2 Å². The fraction of sp³-hybridized carbons (Fsp3) is 0.455. The SMILES string of the molecule is CC(C)C(CO)NS(=O)(=O)c1cccnc1C#N. The minimum absolute atomic E-state index is 0.0630. The number of pyridine rings is 1. The Bertz CT molecular complexity index is 549. The van der Waals surface area contributed by atoms with Crippen LogP contribution < -0.4 is 4.72 Å². The van der Waals surface area contributed by atoms with Crippen molar-refractivity contribution < 1.29 is 13.5 Å². The van der Waals surface area contributed by atoms with Crippen LogP contribution in [0.2, 0.25) is 0 Å². The van der Waals surface area contributed by atoms with Gasteiger partial charge < -0.3 is 5.11 Å². The summed E-state index contributed by atoms with van der Waals surface area (Å²) in [5.41, 5.74) is -0.162. The molecule has 0 aliphatic carbocycles. The van der Waals surface area contributed by atoms with Gasteiger partial charge in [0.1, 0.15) is 11.0 Å². The smallest absolute Gasteiger partial charge is 0.243 e. The zero-order chi connectivity index (χ0) is 13.8. The van der Waals surface area contributed by atoms with E-state index in [0.29, 0.717) is 0 Å². The molecule has 2 N–H and O–H groups in total. The van der Waals surface area contributed by atoms with Gasteiger partial charge in [-0.3, -0.25) is 0 Å². The molecule has 6 nitrogen and oxygen atoms in total. The molecule has 0 radical (unpaired) electrons. The van der Waals surface area contributed by atoms with E-state index in [1.807, 2.05) is 0 Å². The van der Waals surface area contributed by atoms with Crippen molar-refractivity contribution in [1.29, 1.82) is 5.26 Å². The van der Waals surface area contributed by atoms with Crippen LogP contribution in [0.3, 0.4) is 0 Å². The van der Waals surface area contributed by atoms with Gasteiger partial charge in [0.25, 0.3) is 0 Å². The van der Waals surface area contributed by atoms with E-state index in [1.165, 1.54) is 18.3 Å². The number of hydrogen-bond donors (Lipinski definition) is 2. The molecule has 0 aromatic carbocycles. The van der Waals surface area contributed by atoms with Gasteiger partial charge in [-0.25, -0.2) is 18.1 Å². The number of nitrogens with zero attached hydrogens (tertiary/aromatic N) is 2. The zero-order valence-electron chi connectivity index (χ0n) is 10.2. The summed E-state index contributed by atoms with van der Waals surface area (Å²) in [7, 11) is -3.85. The van der Waals surface area contributed by atoms with E-state index >= 15 is 0 Å². The van der Waals surface area contributed by atoms with Crippen molar-refractivity contribution in [3.63, 3.8) is 0 Å². The lowest BCUT2D eigenvalue weighted by Crippen LogP contribution is -2.41. The minimum Gasteiger partial charge on any atom is -0.395 e. The van der Waals surface area contributed by atoms with Gasteiger partial charge in [-0.2, -0.15) is 5.26 Å². The van der Waals surface area contributed by atoms with Crippen molar-refractivity contribution in [2.75, 3.05) is 6.61 Å². The van der Waals surface area contributed by atoms with E-state index in [-0.39, 0.29) is 23.1 Å². The predicted octanol–water partition coefficient (Wildman–Crippen LogP) is 0.248. The van der Waals surface area contributed by atoms with Gasteiger partial charge in [0, 0.05) is 12.2 Å². The Labute approximate surface area is 106 Å². The third kappa shape index (κ3) is 3.26. The number of hydrogen-bond acceptors (Lipinski definition) is 5. The summed E-state index contributed by atoms with van der Waals surface area (Å²) in [5.74, 6) is -0.0630. The van der Waals surface area contributed by atoms with Crippen molar-refractivity contribution in [2.24, 2.45) is 5.92 Å². The maximum Gasteiger partial charge on any atom is 0.243 e. The standard InChI is InChI=1S/C11H15N3O3S/c1-8(2)10(7-15)14-18(16,17)11-4-3-5-13-9(11)6-12/h3-5,8,10,14-15H,7H2,1-2H3. The molecule has 0 saturated heterocycles. The average Bonchev–Trinajstić information content (AvgIpc) is 2.35. The fourth-order valence-corrected chi connectivity index (χ4v) is 2.82. The second kappa shape index (κ2) is 5.91. The summed E-state index contributed by atoms with van der Waals surface area (Å²) in [4.78, 5) is 3.52. The Balaban J connectivity index is 3.11. The largest absolute Gasteiger partial charge is 0.395 e. The summed E-state index contributed by atoms with van der Waals surface area (Å²) in [6.45, 7) is 3.27. The minimum atomic E-state index is -3.85. The summed E-state index contributed by atoms with van der Waals surface area (Å²) in [5, 5.41) is 18.0.